The molecule has 228 valence electrons. The number of carbonyl (C=O) groups excluding carboxylic acids is 2. The molecule has 1 aromatic heterocycles. The zero-order valence-corrected chi connectivity index (χ0v) is 26.1. The fourth-order valence-electron chi connectivity index (χ4n) is 5.60. The number of fused-ring (bicyclic) bond motifs is 1. The summed E-state index contributed by atoms with van der Waals surface area (Å²) >= 11 is 7.76. The fraction of sp³-hybridized carbons (Fsp3) is 0.303. The van der Waals surface area contributed by atoms with Crippen molar-refractivity contribution in [2.75, 3.05) is 44.6 Å². The minimum Gasteiger partial charge on any atom is -0.497 e. The summed E-state index contributed by atoms with van der Waals surface area (Å²) in [4.78, 5) is 28.9. The number of thioether (sulfide) groups is 1. The molecule has 0 radical (unpaired) electrons. The van der Waals surface area contributed by atoms with Gasteiger partial charge in [-0.3, -0.25) is 14.5 Å². The summed E-state index contributed by atoms with van der Waals surface area (Å²) in [6.45, 7) is 0.935. The molecule has 2 aliphatic rings. The molecule has 2 atom stereocenters. The van der Waals surface area contributed by atoms with E-state index in [2.05, 4.69) is 5.32 Å². The van der Waals surface area contributed by atoms with Crippen molar-refractivity contribution in [3.8, 4) is 28.4 Å². The summed E-state index contributed by atoms with van der Waals surface area (Å²) in [7, 11) is 3.25. The first-order valence-electron chi connectivity index (χ1n) is 14.4. The maximum absolute atomic E-state index is 14.0. The van der Waals surface area contributed by atoms with E-state index in [1.54, 1.807) is 23.8 Å². The normalized spacial score (nSPS) is 18.1. The Morgan fingerprint density at radius 2 is 1.84 bits per heavy atom. The lowest BCUT2D eigenvalue weighted by molar-refractivity contribution is -0.123. The molecule has 11 heteroatoms. The van der Waals surface area contributed by atoms with Gasteiger partial charge in [-0.05, 0) is 55.3 Å². The summed E-state index contributed by atoms with van der Waals surface area (Å²) in [6, 6.07) is 22.7. The summed E-state index contributed by atoms with van der Waals surface area (Å²) in [5.41, 5.74) is 3.93. The van der Waals surface area contributed by atoms with Crippen LogP contribution in [0.4, 0.5) is 5.82 Å². The Morgan fingerprint density at radius 1 is 1.07 bits per heavy atom. The van der Waals surface area contributed by atoms with Crippen LogP contribution in [0.1, 0.15) is 29.2 Å². The minimum atomic E-state index is -0.331. The summed E-state index contributed by atoms with van der Waals surface area (Å²) < 4.78 is 18.6. The lowest BCUT2D eigenvalue weighted by Gasteiger charge is -2.24. The average molecular weight is 633 g/mol. The molecule has 4 aromatic rings. The molecule has 3 aromatic carbocycles. The van der Waals surface area contributed by atoms with E-state index in [1.807, 2.05) is 72.8 Å². The van der Waals surface area contributed by atoms with E-state index >= 15 is 0 Å². The number of aromatic nitrogens is 2. The summed E-state index contributed by atoms with van der Waals surface area (Å²) in [5, 5.41) is 8.37. The van der Waals surface area contributed by atoms with E-state index in [9.17, 15) is 9.59 Å². The number of methoxy groups -OCH3 is 2. The standard InChI is InChI=1S/C33H33ClN4O5S/c1-41-24-15-13-23(14-16-24)38-33-30(31(36-38)21-9-11-22(34)12-10-21)32(26-7-3-4-8-27(26)42-2)44-20-29(40)37(33)19-28(39)35-18-25-6-5-17-43-25/h3-4,7-16,25,32H,5-6,17-20H2,1-2H3,(H,35,39)/t25-,32-/m1/s1. The predicted octanol–water partition coefficient (Wildman–Crippen LogP) is 5.67. The van der Waals surface area contributed by atoms with Crippen LogP contribution in [0.25, 0.3) is 16.9 Å². The molecule has 0 bridgehead atoms. The van der Waals surface area contributed by atoms with E-state index < -0.39 is 0 Å². The highest BCUT2D eigenvalue weighted by Gasteiger charge is 2.38. The Balaban J connectivity index is 1.54. The number of hydrogen-bond acceptors (Lipinski definition) is 7. The molecule has 2 amide bonds. The van der Waals surface area contributed by atoms with Gasteiger partial charge in [-0.25, -0.2) is 4.68 Å². The number of nitrogens with zero attached hydrogens (tertiary/aromatic N) is 3. The molecular weight excluding hydrogens is 600 g/mol. The van der Waals surface area contributed by atoms with Gasteiger partial charge in [0.25, 0.3) is 0 Å². The number of amides is 2. The molecule has 9 nitrogen and oxygen atoms in total. The van der Waals surface area contributed by atoms with Crippen LogP contribution in [0.2, 0.25) is 5.02 Å². The Hall–Kier alpha value is -3.99. The smallest absolute Gasteiger partial charge is 0.240 e. The third kappa shape index (κ3) is 6.15. The Kier molecular flexibility index (Phi) is 9.11. The third-order valence-corrected chi connectivity index (χ3v) is 9.29. The van der Waals surface area contributed by atoms with Gasteiger partial charge in [0.2, 0.25) is 11.8 Å². The second-order valence-electron chi connectivity index (χ2n) is 10.6. The number of nitrogens with one attached hydrogen (secondary N) is 1. The first-order valence-corrected chi connectivity index (χ1v) is 15.9. The van der Waals surface area contributed by atoms with Crippen molar-refractivity contribution in [3.63, 3.8) is 0 Å². The monoisotopic (exact) mass is 632 g/mol. The lowest BCUT2D eigenvalue weighted by Crippen LogP contribution is -2.44. The molecule has 6 rings (SSSR count). The van der Waals surface area contributed by atoms with Gasteiger partial charge < -0.3 is 19.5 Å². The van der Waals surface area contributed by atoms with Crippen LogP contribution >= 0.6 is 23.4 Å². The molecule has 1 saturated heterocycles. The SMILES string of the molecule is COc1ccc(-n2nc(-c3ccc(Cl)cc3)c3c2N(CC(=O)NC[C@H]2CCCO2)C(=O)CS[C@@H]3c2ccccc2OC)cc1. The molecule has 3 heterocycles. The van der Waals surface area contributed by atoms with Crippen LogP contribution in [0.15, 0.2) is 72.8 Å². The van der Waals surface area contributed by atoms with Gasteiger partial charge in [0, 0.05) is 34.9 Å². The number of para-hydroxylation sites is 1. The van der Waals surface area contributed by atoms with Crippen LogP contribution in [0, 0.1) is 0 Å². The van der Waals surface area contributed by atoms with Gasteiger partial charge in [-0.2, -0.15) is 5.10 Å². The van der Waals surface area contributed by atoms with Gasteiger partial charge in [-0.1, -0.05) is 41.9 Å². The molecule has 0 spiro atoms. The second kappa shape index (κ2) is 13.3. The van der Waals surface area contributed by atoms with Crippen molar-refractivity contribution in [1.29, 1.82) is 0 Å². The van der Waals surface area contributed by atoms with Crippen LogP contribution in [0.3, 0.4) is 0 Å². The molecule has 2 aliphatic heterocycles. The highest BCUT2D eigenvalue weighted by molar-refractivity contribution is 8.00. The molecule has 1 N–H and O–H groups in total. The van der Waals surface area contributed by atoms with E-state index in [0.717, 1.165) is 29.5 Å². The molecule has 44 heavy (non-hydrogen) atoms. The maximum Gasteiger partial charge on any atom is 0.240 e. The zero-order chi connectivity index (χ0) is 30.6. The second-order valence-corrected chi connectivity index (χ2v) is 12.1. The highest BCUT2D eigenvalue weighted by atomic mass is 35.5. The highest BCUT2D eigenvalue weighted by Crippen LogP contribution is 2.50. The van der Waals surface area contributed by atoms with E-state index in [1.165, 1.54) is 11.8 Å². The van der Waals surface area contributed by atoms with Crippen molar-refractivity contribution in [3.05, 3.63) is 88.9 Å². The number of benzene rings is 3. The predicted molar refractivity (Wildman–Crippen MR) is 172 cm³/mol. The molecule has 0 unspecified atom stereocenters. The third-order valence-electron chi connectivity index (χ3n) is 7.80. The first kappa shape index (κ1) is 30.1. The van der Waals surface area contributed by atoms with Crippen molar-refractivity contribution >= 4 is 41.0 Å². The molecular formula is C33H33ClN4O5S. The van der Waals surface area contributed by atoms with Gasteiger partial charge in [0.1, 0.15) is 23.9 Å². The van der Waals surface area contributed by atoms with E-state index in [-0.39, 0.29) is 35.5 Å². The maximum atomic E-state index is 14.0. The average Bonchev–Trinajstić information content (AvgIpc) is 3.69. The Labute approximate surface area is 265 Å². The van der Waals surface area contributed by atoms with Crippen molar-refractivity contribution in [2.45, 2.75) is 24.2 Å². The quantitative estimate of drug-likeness (QED) is 0.254. The van der Waals surface area contributed by atoms with Gasteiger partial charge in [0.05, 0.1) is 42.7 Å². The number of halogens is 1. The molecule has 0 saturated carbocycles. The van der Waals surface area contributed by atoms with E-state index in [0.29, 0.717) is 46.9 Å². The van der Waals surface area contributed by atoms with Crippen LogP contribution in [-0.4, -0.2) is 67.4 Å². The van der Waals surface area contributed by atoms with Crippen molar-refractivity contribution in [1.82, 2.24) is 15.1 Å². The summed E-state index contributed by atoms with van der Waals surface area (Å²) in [6.07, 6.45) is 1.87. The summed E-state index contributed by atoms with van der Waals surface area (Å²) in [5.74, 6) is 1.60. The van der Waals surface area contributed by atoms with E-state index in [4.69, 9.17) is 30.9 Å². The molecule has 1 fully saturated rings. The van der Waals surface area contributed by atoms with Crippen molar-refractivity contribution < 1.29 is 23.8 Å². The number of carbonyl (C=O) groups is 2. The van der Waals surface area contributed by atoms with Crippen LogP contribution in [-0.2, 0) is 14.3 Å². The number of rotatable bonds is 9. The number of anilines is 1. The van der Waals surface area contributed by atoms with Crippen LogP contribution in [0.5, 0.6) is 11.5 Å². The zero-order valence-electron chi connectivity index (χ0n) is 24.5. The minimum absolute atomic E-state index is 0.0128. The van der Waals surface area contributed by atoms with Crippen LogP contribution < -0.4 is 19.7 Å². The topological polar surface area (TPSA) is 94.9 Å². The first-order chi connectivity index (χ1) is 21.5. The van der Waals surface area contributed by atoms with Gasteiger partial charge in [0.15, 0.2) is 0 Å². The largest absolute Gasteiger partial charge is 0.497 e. The van der Waals surface area contributed by atoms with Crippen molar-refractivity contribution in [2.24, 2.45) is 0 Å². The lowest BCUT2D eigenvalue weighted by atomic mass is 9.99. The van der Waals surface area contributed by atoms with Gasteiger partial charge >= 0.3 is 0 Å². The molecule has 0 aliphatic carbocycles. The fourth-order valence-corrected chi connectivity index (χ4v) is 6.95. The Morgan fingerprint density at radius 3 is 2.55 bits per heavy atom. The number of ether oxygens (including phenoxy) is 3. The number of hydrogen-bond donors (Lipinski definition) is 1. The van der Waals surface area contributed by atoms with Gasteiger partial charge in [-0.15, -0.1) is 11.8 Å². The Bertz CT molecular complexity index is 1640.